The average molecular weight is 224 g/mol. The molecule has 0 unspecified atom stereocenters. The van der Waals surface area contributed by atoms with Crippen LogP contribution in [0.1, 0.15) is 52.4 Å². The highest BCUT2D eigenvalue weighted by Gasteiger charge is 2.24. The molecule has 1 heterocycles. The van der Waals surface area contributed by atoms with Crippen molar-refractivity contribution in [3.8, 4) is 0 Å². The van der Waals surface area contributed by atoms with Crippen molar-refractivity contribution in [2.75, 3.05) is 26.2 Å². The number of nitrogens with one attached hydrogen (secondary N) is 1. The van der Waals surface area contributed by atoms with Gasteiger partial charge >= 0.3 is 0 Å². The number of rotatable bonds is 3. The van der Waals surface area contributed by atoms with Crippen molar-refractivity contribution in [3.63, 3.8) is 0 Å². The first-order valence-corrected chi connectivity index (χ1v) is 7.13. The van der Waals surface area contributed by atoms with Crippen LogP contribution in [0.3, 0.4) is 0 Å². The fourth-order valence-corrected chi connectivity index (χ4v) is 3.28. The molecule has 1 saturated heterocycles. The molecule has 0 bridgehead atoms. The molecule has 0 aromatic heterocycles. The van der Waals surface area contributed by atoms with Crippen molar-refractivity contribution < 1.29 is 0 Å². The number of nitrogens with zero attached hydrogens (tertiary/aromatic N) is 1. The summed E-state index contributed by atoms with van der Waals surface area (Å²) >= 11 is 0. The van der Waals surface area contributed by atoms with Gasteiger partial charge < -0.3 is 10.2 Å². The second kappa shape index (κ2) is 5.50. The van der Waals surface area contributed by atoms with E-state index in [9.17, 15) is 0 Å². The van der Waals surface area contributed by atoms with Gasteiger partial charge in [-0.2, -0.15) is 0 Å². The van der Waals surface area contributed by atoms with Crippen molar-refractivity contribution in [2.45, 2.75) is 57.9 Å². The molecule has 2 heteroatoms. The van der Waals surface area contributed by atoms with E-state index in [1.807, 2.05) is 0 Å². The van der Waals surface area contributed by atoms with Crippen molar-refractivity contribution >= 4 is 0 Å². The predicted molar refractivity (Wildman–Crippen MR) is 69.7 cm³/mol. The molecular formula is C14H28N2. The molecule has 0 spiro atoms. The van der Waals surface area contributed by atoms with Gasteiger partial charge in [-0.15, -0.1) is 0 Å². The maximum absolute atomic E-state index is 3.64. The Bertz CT molecular complexity index is 207. The highest BCUT2D eigenvalue weighted by Crippen LogP contribution is 2.27. The van der Waals surface area contributed by atoms with Gasteiger partial charge in [0.2, 0.25) is 0 Å². The van der Waals surface area contributed by atoms with Gasteiger partial charge in [0.25, 0.3) is 0 Å². The highest BCUT2D eigenvalue weighted by atomic mass is 15.2. The molecule has 94 valence electrons. The predicted octanol–water partition coefficient (Wildman–Crippen LogP) is 2.64. The highest BCUT2D eigenvalue weighted by molar-refractivity contribution is 4.85. The molecule has 0 aromatic carbocycles. The normalized spacial score (nSPS) is 28.1. The number of hydrogen-bond donors (Lipinski definition) is 1. The zero-order chi connectivity index (χ0) is 11.4. The van der Waals surface area contributed by atoms with Crippen molar-refractivity contribution in [3.05, 3.63) is 0 Å². The molecule has 2 aliphatic rings. The Labute approximate surface area is 101 Å². The minimum absolute atomic E-state index is 0.312. The summed E-state index contributed by atoms with van der Waals surface area (Å²) in [5, 5.41) is 3.64. The van der Waals surface area contributed by atoms with Crippen molar-refractivity contribution in [2.24, 2.45) is 5.92 Å². The molecule has 2 rings (SSSR count). The molecule has 2 nitrogen and oxygen atoms in total. The first kappa shape index (κ1) is 12.4. The second-order valence-corrected chi connectivity index (χ2v) is 6.38. The van der Waals surface area contributed by atoms with Crippen LogP contribution in [0, 0.1) is 5.92 Å². The van der Waals surface area contributed by atoms with Gasteiger partial charge in [0.1, 0.15) is 0 Å². The third kappa shape index (κ3) is 3.74. The molecule has 1 saturated carbocycles. The minimum Gasteiger partial charge on any atom is -0.310 e. The smallest absolute Gasteiger partial charge is 0.0252 e. The van der Waals surface area contributed by atoms with Crippen LogP contribution in [0.25, 0.3) is 0 Å². The summed E-state index contributed by atoms with van der Waals surface area (Å²) in [5.74, 6) is 1.04. The zero-order valence-electron chi connectivity index (χ0n) is 11.1. The topological polar surface area (TPSA) is 15.3 Å². The van der Waals surface area contributed by atoms with E-state index in [0.29, 0.717) is 5.54 Å². The van der Waals surface area contributed by atoms with Gasteiger partial charge in [-0.1, -0.05) is 25.7 Å². The summed E-state index contributed by atoms with van der Waals surface area (Å²) in [6, 6.07) is 0. The quantitative estimate of drug-likeness (QED) is 0.793. The molecule has 0 amide bonds. The Kier molecular flexibility index (Phi) is 4.26. The first-order valence-electron chi connectivity index (χ1n) is 7.13. The Balaban J connectivity index is 1.74. The summed E-state index contributed by atoms with van der Waals surface area (Å²) in [5.41, 5.74) is 0.312. The molecular weight excluding hydrogens is 196 g/mol. The van der Waals surface area contributed by atoms with Gasteiger partial charge in [-0.3, -0.25) is 0 Å². The minimum atomic E-state index is 0.312. The standard InChI is InChI=1S/C14H28N2/c1-14(2)12-16(10-5-9-15-14)11-8-13-6-3-4-7-13/h13,15H,3-12H2,1-2H3. The fourth-order valence-electron chi connectivity index (χ4n) is 3.28. The fraction of sp³-hybridized carbons (Fsp3) is 1.00. The van der Waals surface area contributed by atoms with Gasteiger partial charge in [0.15, 0.2) is 0 Å². The Hall–Kier alpha value is -0.0800. The van der Waals surface area contributed by atoms with E-state index in [-0.39, 0.29) is 0 Å². The molecule has 0 aromatic rings. The molecule has 0 atom stereocenters. The van der Waals surface area contributed by atoms with Crippen molar-refractivity contribution in [1.82, 2.24) is 10.2 Å². The summed E-state index contributed by atoms with van der Waals surface area (Å²) in [4.78, 5) is 2.68. The zero-order valence-corrected chi connectivity index (χ0v) is 11.1. The van der Waals surface area contributed by atoms with Crippen LogP contribution in [0.4, 0.5) is 0 Å². The monoisotopic (exact) mass is 224 g/mol. The van der Waals surface area contributed by atoms with Crippen LogP contribution in [-0.2, 0) is 0 Å². The lowest BCUT2D eigenvalue weighted by atomic mass is 10.0. The molecule has 1 N–H and O–H groups in total. The average Bonchev–Trinajstić information content (AvgIpc) is 2.67. The largest absolute Gasteiger partial charge is 0.310 e. The van der Waals surface area contributed by atoms with Gasteiger partial charge in [0.05, 0.1) is 0 Å². The van der Waals surface area contributed by atoms with E-state index in [1.54, 1.807) is 0 Å². The Morgan fingerprint density at radius 1 is 1.19 bits per heavy atom. The maximum atomic E-state index is 3.64. The van der Waals surface area contributed by atoms with E-state index < -0.39 is 0 Å². The van der Waals surface area contributed by atoms with E-state index in [4.69, 9.17) is 0 Å². The lowest BCUT2D eigenvalue weighted by molar-refractivity contribution is 0.216. The molecule has 0 radical (unpaired) electrons. The van der Waals surface area contributed by atoms with Gasteiger partial charge in [0, 0.05) is 12.1 Å². The van der Waals surface area contributed by atoms with E-state index >= 15 is 0 Å². The van der Waals surface area contributed by atoms with Gasteiger partial charge in [-0.25, -0.2) is 0 Å². The van der Waals surface area contributed by atoms with E-state index in [1.165, 1.54) is 64.7 Å². The maximum Gasteiger partial charge on any atom is 0.0252 e. The summed E-state index contributed by atoms with van der Waals surface area (Å²) in [6.45, 7) is 9.70. The summed E-state index contributed by atoms with van der Waals surface area (Å²) in [7, 11) is 0. The van der Waals surface area contributed by atoms with Gasteiger partial charge in [-0.05, 0) is 52.2 Å². The first-order chi connectivity index (χ1) is 7.66. The third-order valence-corrected chi connectivity index (χ3v) is 4.20. The molecule has 16 heavy (non-hydrogen) atoms. The van der Waals surface area contributed by atoms with Crippen molar-refractivity contribution in [1.29, 1.82) is 0 Å². The summed E-state index contributed by atoms with van der Waals surface area (Å²) < 4.78 is 0. The third-order valence-electron chi connectivity index (χ3n) is 4.20. The number of hydrogen-bond acceptors (Lipinski definition) is 2. The Morgan fingerprint density at radius 3 is 2.69 bits per heavy atom. The lowest BCUT2D eigenvalue weighted by Crippen LogP contribution is -2.46. The van der Waals surface area contributed by atoms with Crippen LogP contribution in [-0.4, -0.2) is 36.6 Å². The van der Waals surface area contributed by atoms with Crippen LogP contribution < -0.4 is 5.32 Å². The SMILES string of the molecule is CC1(C)CN(CCC2CCCC2)CCCN1. The van der Waals surface area contributed by atoms with E-state index in [0.717, 1.165) is 5.92 Å². The van der Waals surface area contributed by atoms with Crippen LogP contribution in [0.15, 0.2) is 0 Å². The lowest BCUT2D eigenvalue weighted by Gasteiger charge is -2.30. The molecule has 1 aliphatic carbocycles. The molecule has 1 aliphatic heterocycles. The second-order valence-electron chi connectivity index (χ2n) is 6.38. The van der Waals surface area contributed by atoms with E-state index in [2.05, 4.69) is 24.1 Å². The van der Waals surface area contributed by atoms with Crippen LogP contribution in [0.2, 0.25) is 0 Å². The Morgan fingerprint density at radius 2 is 1.94 bits per heavy atom. The van der Waals surface area contributed by atoms with Crippen LogP contribution >= 0.6 is 0 Å². The summed E-state index contributed by atoms with van der Waals surface area (Å²) in [6.07, 6.45) is 8.71. The molecule has 2 fully saturated rings. The van der Waals surface area contributed by atoms with Crippen LogP contribution in [0.5, 0.6) is 0 Å².